The number of nitrogens with two attached hydrogens (primary N) is 1. The van der Waals surface area contributed by atoms with E-state index in [4.69, 9.17) is 5.73 Å². The first-order valence-corrected chi connectivity index (χ1v) is 6.17. The Morgan fingerprint density at radius 1 is 1.47 bits per heavy atom. The largest absolute Gasteiger partial charge is 0.390 e. The first kappa shape index (κ1) is 12.3. The van der Waals surface area contributed by atoms with Crippen molar-refractivity contribution in [3.05, 3.63) is 23.9 Å². The molecule has 0 radical (unpaired) electrons. The Morgan fingerprint density at radius 2 is 2.12 bits per heavy atom. The maximum Gasteiger partial charge on any atom is 0.128 e. The number of rotatable bonds is 2. The topological polar surface area (TPSA) is 62.4 Å². The Hall–Kier alpha value is -1.13. The van der Waals surface area contributed by atoms with E-state index < -0.39 is 5.60 Å². The Bertz CT molecular complexity index is 380. The standard InChI is InChI=1S/C13H21N3O/c1-10(14)11-3-6-15-12(9-11)16-7-4-13(2,17)5-8-16/h3,6,9-10,17H,4-5,7-8,14H2,1-2H3/t10-/m1/s1. The number of hydrogen-bond donors (Lipinski definition) is 2. The highest BCUT2D eigenvalue weighted by Crippen LogP contribution is 2.25. The van der Waals surface area contributed by atoms with Crippen LogP contribution in [-0.2, 0) is 0 Å². The van der Waals surface area contributed by atoms with E-state index in [0.29, 0.717) is 0 Å². The molecule has 17 heavy (non-hydrogen) atoms. The third-order valence-electron chi connectivity index (χ3n) is 3.46. The summed E-state index contributed by atoms with van der Waals surface area (Å²) in [6.45, 7) is 5.57. The smallest absolute Gasteiger partial charge is 0.128 e. The van der Waals surface area contributed by atoms with Crippen LogP contribution in [-0.4, -0.2) is 28.8 Å². The number of aliphatic hydroxyl groups is 1. The van der Waals surface area contributed by atoms with Gasteiger partial charge in [0.15, 0.2) is 0 Å². The van der Waals surface area contributed by atoms with E-state index in [0.717, 1.165) is 37.3 Å². The zero-order valence-electron chi connectivity index (χ0n) is 10.6. The van der Waals surface area contributed by atoms with E-state index >= 15 is 0 Å². The predicted molar refractivity (Wildman–Crippen MR) is 68.9 cm³/mol. The summed E-state index contributed by atoms with van der Waals surface area (Å²) in [6.07, 6.45) is 3.38. The van der Waals surface area contributed by atoms with Crippen molar-refractivity contribution in [2.45, 2.75) is 38.3 Å². The van der Waals surface area contributed by atoms with Crippen LogP contribution in [0.1, 0.15) is 38.3 Å². The van der Waals surface area contributed by atoms with E-state index in [2.05, 4.69) is 9.88 Å². The lowest BCUT2D eigenvalue weighted by atomic mass is 9.94. The molecule has 4 nitrogen and oxygen atoms in total. The van der Waals surface area contributed by atoms with Crippen LogP contribution in [0.3, 0.4) is 0 Å². The molecule has 1 aromatic rings. The molecule has 94 valence electrons. The van der Waals surface area contributed by atoms with Crippen molar-refractivity contribution in [3.63, 3.8) is 0 Å². The molecule has 1 fully saturated rings. The molecule has 0 aromatic carbocycles. The Morgan fingerprint density at radius 3 is 2.71 bits per heavy atom. The zero-order chi connectivity index (χ0) is 12.5. The average Bonchev–Trinajstić information content (AvgIpc) is 2.29. The molecule has 0 saturated carbocycles. The minimum atomic E-state index is -0.519. The Kier molecular flexibility index (Phi) is 3.35. The molecule has 0 unspecified atom stereocenters. The zero-order valence-corrected chi connectivity index (χ0v) is 10.6. The van der Waals surface area contributed by atoms with Gasteiger partial charge in [-0.05, 0) is 44.4 Å². The monoisotopic (exact) mass is 235 g/mol. The second-order valence-corrected chi connectivity index (χ2v) is 5.22. The van der Waals surface area contributed by atoms with Crippen LogP contribution in [0.5, 0.6) is 0 Å². The molecule has 1 atom stereocenters. The van der Waals surface area contributed by atoms with Gasteiger partial charge in [-0.1, -0.05) is 0 Å². The molecule has 0 spiro atoms. The third-order valence-corrected chi connectivity index (χ3v) is 3.46. The van der Waals surface area contributed by atoms with E-state index in [1.54, 1.807) is 6.20 Å². The fourth-order valence-corrected chi connectivity index (χ4v) is 2.11. The van der Waals surface area contributed by atoms with Crippen LogP contribution < -0.4 is 10.6 Å². The van der Waals surface area contributed by atoms with Gasteiger partial charge < -0.3 is 15.7 Å². The number of nitrogens with zero attached hydrogens (tertiary/aromatic N) is 2. The third kappa shape index (κ3) is 2.96. The number of anilines is 1. The molecular formula is C13H21N3O. The van der Waals surface area contributed by atoms with Crippen LogP contribution >= 0.6 is 0 Å². The van der Waals surface area contributed by atoms with Gasteiger partial charge in [0.05, 0.1) is 5.60 Å². The van der Waals surface area contributed by atoms with Crippen molar-refractivity contribution in [1.29, 1.82) is 0 Å². The van der Waals surface area contributed by atoms with Crippen molar-refractivity contribution in [1.82, 2.24) is 4.98 Å². The highest BCUT2D eigenvalue weighted by atomic mass is 16.3. The number of piperidine rings is 1. The van der Waals surface area contributed by atoms with Crippen molar-refractivity contribution in [3.8, 4) is 0 Å². The summed E-state index contributed by atoms with van der Waals surface area (Å²) in [6, 6.07) is 4.03. The van der Waals surface area contributed by atoms with Gasteiger partial charge in [0, 0.05) is 25.3 Å². The lowest BCUT2D eigenvalue weighted by Gasteiger charge is -2.36. The van der Waals surface area contributed by atoms with E-state index in [-0.39, 0.29) is 6.04 Å². The van der Waals surface area contributed by atoms with Crippen molar-refractivity contribution >= 4 is 5.82 Å². The highest BCUT2D eigenvalue weighted by Gasteiger charge is 2.27. The second-order valence-electron chi connectivity index (χ2n) is 5.22. The van der Waals surface area contributed by atoms with Crippen molar-refractivity contribution < 1.29 is 5.11 Å². The summed E-state index contributed by atoms with van der Waals surface area (Å²) in [5.41, 5.74) is 6.45. The van der Waals surface area contributed by atoms with E-state index in [9.17, 15) is 5.11 Å². The maximum atomic E-state index is 9.91. The van der Waals surface area contributed by atoms with Gasteiger partial charge in [-0.25, -0.2) is 4.98 Å². The summed E-state index contributed by atoms with van der Waals surface area (Å²) in [4.78, 5) is 6.59. The van der Waals surface area contributed by atoms with Gasteiger partial charge >= 0.3 is 0 Å². The van der Waals surface area contributed by atoms with E-state index in [1.165, 1.54) is 0 Å². The van der Waals surface area contributed by atoms with Crippen molar-refractivity contribution in [2.75, 3.05) is 18.0 Å². The Balaban J connectivity index is 2.10. The van der Waals surface area contributed by atoms with Gasteiger partial charge in [-0.15, -0.1) is 0 Å². The van der Waals surface area contributed by atoms with Crippen LogP contribution in [0.15, 0.2) is 18.3 Å². The normalized spacial score (nSPS) is 21.3. The molecule has 0 amide bonds. The summed E-state index contributed by atoms with van der Waals surface area (Å²) in [7, 11) is 0. The second kappa shape index (κ2) is 4.63. The lowest BCUT2D eigenvalue weighted by molar-refractivity contribution is 0.0350. The molecule has 3 N–H and O–H groups in total. The molecule has 1 saturated heterocycles. The highest BCUT2D eigenvalue weighted by molar-refractivity contribution is 5.42. The summed E-state index contributed by atoms with van der Waals surface area (Å²) in [5, 5.41) is 9.91. The number of pyridine rings is 1. The molecule has 2 rings (SSSR count). The Labute approximate surface area is 102 Å². The fourth-order valence-electron chi connectivity index (χ4n) is 2.11. The fraction of sp³-hybridized carbons (Fsp3) is 0.615. The summed E-state index contributed by atoms with van der Waals surface area (Å²) < 4.78 is 0. The molecule has 0 aliphatic carbocycles. The maximum absolute atomic E-state index is 9.91. The number of hydrogen-bond acceptors (Lipinski definition) is 4. The quantitative estimate of drug-likeness (QED) is 0.814. The molecule has 4 heteroatoms. The van der Waals surface area contributed by atoms with Crippen LogP contribution in [0.2, 0.25) is 0 Å². The van der Waals surface area contributed by atoms with Crippen LogP contribution in [0.25, 0.3) is 0 Å². The van der Waals surface area contributed by atoms with Crippen LogP contribution in [0.4, 0.5) is 5.82 Å². The summed E-state index contributed by atoms with van der Waals surface area (Å²) >= 11 is 0. The van der Waals surface area contributed by atoms with Gasteiger partial charge in [-0.2, -0.15) is 0 Å². The van der Waals surface area contributed by atoms with Gasteiger partial charge in [0.25, 0.3) is 0 Å². The molecule has 2 heterocycles. The minimum Gasteiger partial charge on any atom is -0.390 e. The van der Waals surface area contributed by atoms with Gasteiger partial charge in [0.2, 0.25) is 0 Å². The molecule has 1 aliphatic heterocycles. The first-order valence-electron chi connectivity index (χ1n) is 6.17. The summed E-state index contributed by atoms with van der Waals surface area (Å²) in [5.74, 6) is 0.968. The molecule has 0 bridgehead atoms. The number of aromatic nitrogens is 1. The van der Waals surface area contributed by atoms with Gasteiger partial charge in [-0.3, -0.25) is 0 Å². The molecular weight excluding hydrogens is 214 g/mol. The average molecular weight is 235 g/mol. The van der Waals surface area contributed by atoms with Crippen molar-refractivity contribution in [2.24, 2.45) is 5.73 Å². The lowest BCUT2D eigenvalue weighted by Crippen LogP contribution is -2.42. The molecule has 1 aromatic heterocycles. The van der Waals surface area contributed by atoms with Crippen LogP contribution in [0, 0.1) is 0 Å². The molecule has 1 aliphatic rings. The first-order chi connectivity index (χ1) is 7.98. The SMILES string of the molecule is C[C@@H](N)c1ccnc(N2CCC(C)(O)CC2)c1. The minimum absolute atomic E-state index is 0.0321. The predicted octanol–water partition coefficient (Wildman–Crippen LogP) is 1.45. The van der Waals surface area contributed by atoms with E-state index in [1.807, 2.05) is 26.0 Å². The van der Waals surface area contributed by atoms with Gasteiger partial charge in [0.1, 0.15) is 5.82 Å².